The van der Waals surface area contributed by atoms with Gasteiger partial charge in [-0.25, -0.2) is 14.7 Å². The minimum absolute atomic E-state index is 0.122. The van der Waals surface area contributed by atoms with Gasteiger partial charge >= 0.3 is 12.3 Å². The summed E-state index contributed by atoms with van der Waals surface area (Å²) in [6, 6.07) is 2.99. The average molecular weight is 244 g/mol. The molecule has 7 heteroatoms. The summed E-state index contributed by atoms with van der Waals surface area (Å²) in [5.41, 5.74) is -0.474. The summed E-state index contributed by atoms with van der Waals surface area (Å²) in [7, 11) is 0. The zero-order valence-electron chi connectivity index (χ0n) is 8.40. The molecule has 0 aliphatic carbocycles. The Morgan fingerprint density at radius 1 is 1.47 bits per heavy atom. The second-order valence-electron chi connectivity index (χ2n) is 3.39. The van der Waals surface area contributed by atoms with Crippen LogP contribution in [0.3, 0.4) is 0 Å². The Kier molecular flexibility index (Phi) is 2.53. The Balaban J connectivity index is 2.57. The number of alkyl halides is 3. The highest BCUT2D eigenvalue weighted by Gasteiger charge is 2.45. The van der Waals surface area contributed by atoms with E-state index in [9.17, 15) is 18.0 Å². The summed E-state index contributed by atoms with van der Waals surface area (Å²) in [6.07, 6.45) is -2.46. The lowest BCUT2D eigenvalue weighted by molar-refractivity contribution is -0.142. The number of hydrogen-bond donors (Lipinski definition) is 1. The molecule has 0 bridgehead atoms. The third kappa shape index (κ3) is 1.95. The number of nitrogens with zero attached hydrogens (tertiary/aromatic N) is 2. The van der Waals surface area contributed by atoms with Gasteiger partial charge in [0.05, 0.1) is 0 Å². The molecule has 0 fully saturated rings. The number of halogens is 3. The minimum Gasteiger partial charge on any atom is -0.477 e. The first kappa shape index (κ1) is 11.4. The fourth-order valence-electron chi connectivity index (χ4n) is 1.64. The van der Waals surface area contributed by atoms with Crippen LogP contribution < -0.4 is 4.90 Å². The lowest BCUT2D eigenvalue weighted by Gasteiger charge is -2.30. The second-order valence-corrected chi connectivity index (χ2v) is 3.39. The van der Waals surface area contributed by atoms with E-state index in [4.69, 9.17) is 5.11 Å². The fourth-order valence-corrected chi connectivity index (χ4v) is 1.64. The van der Waals surface area contributed by atoms with Gasteiger partial charge in [-0.05, 0) is 24.1 Å². The van der Waals surface area contributed by atoms with Gasteiger partial charge in [-0.2, -0.15) is 0 Å². The predicted molar refractivity (Wildman–Crippen MR) is 52.2 cm³/mol. The van der Waals surface area contributed by atoms with Gasteiger partial charge in [-0.3, -0.25) is 0 Å². The molecular formula is C10H7F3N2O2. The number of carboxylic acids is 1. The van der Waals surface area contributed by atoms with Crippen molar-refractivity contribution in [1.29, 1.82) is 0 Å². The van der Waals surface area contributed by atoms with Gasteiger partial charge in [0.15, 0.2) is 0 Å². The number of pyridine rings is 1. The van der Waals surface area contributed by atoms with E-state index in [1.165, 1.54) is 18.3 Å². The van der Waals surface area contributed by atoms with Crippen LogP contribution in [0.1, 0.15) is 5.56 Å². The summed E-state index contributed by atoms with van der Waals surface area (Å²) in [5.74, 6) is -2.00. The lowest BCUT2D eigenvalue weighted by atomic mass is 10.1. The van der Waals surface area contributed by atoms with Gasteiger partial charge < -0.3 is 5.11 Å². The molecule has 0 saturated carbocycles. The molecule has 2 heterocycles. The van der Waals surface area contributed by atoms with E-state index < -0.39 is 18.0 Å². The topological polar surface area (TPSA) is 53.4 Å². The number of carboxylic acid groups (broad SMARTS) is 1. The van der Waals surface area contributed by atoms with Crippen molar-refractivity contribution < 1.29 is 23.1 Å². The van der Waals surface area contributed by atoms with Crippen molar-refractivity contribution in [2.75, 3.05) is 4.90 Å². The van der Waals surface area contributed by atoms with Gasteiger partial charge in [-0.1, -0.05) is 6.07 Å². The predicted octanol–water partition coefficient (Wildman–Crippen LogP) is 1.93. The number of fused-ring (bicyclic) bond motifs is 1. The first-order valence-electron chi connectivity index (χ1n) is 4.65. The summed E-state index contributed by atoms with van der Waals surface area (Å²) in [6.45, 7) is 0. The Morgan fingerprint density at radius 3 is 2.76 bits per heavy atom. The molecule has 17 heavy (non-hydrogen) atoms. The molecule has 0 radical (unpaired) electrons. The molecule has 0 saturated heterocycles. The van der Waals surface area contributed by atoms with Crippen molar-refractivity contribution in [3.05, 3.63) is 35.7 Å². The number of hydrogen-bond acceptors (Lipinski definition) is 3. The largest absolute Gasteiger partial charge is 0.490 e. The molecule has 1 aromatic rings. The molecule has 1 aromatic heterocycles. The first-order valence-corrected chi connectivity index (χ1v) is 4.65. The molecule has 2 rings (SSSR count). The van der Waals surface area contributed by atoms with Crippen molar-refractivity contribution in [3.8, 4) is 0 Å². The van der Waals surface area contributed by atoms with Crippen molar-refractivity contribution >= 4 is 11.8 Å². The smallest absolute Gasteiger partial charge is 0.477 e. The molecule has 1 N–H and O–H groups in total. The van der Waals surface area contributed by atoms with Gasteiger partial charge in [-0.15, -0.1) is 13.2 Å². The van der Waals surface area contributed by atoms with Crippen LogP contribution in [-0.2, 0) is 11.2 Å². The van der Waals surface area contributed by atoms with Crippen LogP contribution >= 0.6 is 0 Å². The summed E-state index contributed by atoms with van der Waals surface area (Å²) in [4.78, 5) is 14.2. The van der Waals surface area contributed by atoms with Crippen LogP contribution in [0.2, 0.25) is 0 Å². The van der Waals surface area contributed by atoms with E-state index in [0.29, 0.717) is 5.56 Å². The Hall–Kier alpha value is -2.05. The maximum absolute atomic E-state index is 12.8. The van der Waals surface area contributed by atoms with Crippen molar-refractivity contribution in [1.82, 2.24) is 4.98 Å². The number of allylic oxidation sites excluding steroid dienone is 1. The Bertz CT molecular complexity index is 497. The third-order valence-corrected chi connectivity index (χ3v) is 2.31. The quantitative estimate of drug-likeness (QED) is 0.767. The standard InChI is InChI=1S/C10H7F3N2O2/c11-10(12,13)15-7(9(16)17)4-3-6-2-1-5-14-8(6)15/h1-2,4-5H,3H2,(H,16,17). The zero-order valence-corrected chi connectivity index (χ0v) is 8.40. The molecule has 1 aliphatic heterocycles. The number of aliphatic carboxylic acids is 1. The molecule has 4 nitrogen and oxygen atoms in total. The summed E-state index contributed by atoms with van der Waals surface area (Å²) in [5, 5.41) is 8.76. The summed E-state index contributed by atoms with van der Waals surface area (Å²) >= 11 is 0. The van der Waals surface area contributed by atoms with Crippen LogP contribution in [0, 0.1) is 0 Å². The lowest BCUT2D eigenvalue weighted by Crippen LogP contribution is -2.42. The van der Waals surface area contributed by atoms with E-state index >= 15 is 0 Å². The number of rotatable bonds is 1. The first-order chi connectivity index (χ1) is 7.91. The fraction of sp³-hybridized carbons (Fsp3) is 0.200. The molecule has 0 amide bonds. The van der Waals surface area contributed by atoms with Crippen LogP contribution in [0.5, 0.6) is 0 Å². The summed E-state index contributed by atoms with van der Waals surface area (Å²) < 4.78 is 38.4. The van der Waals surface area contributed by atoms with Gasteiger partial charge in [0.1, 0.15) is 11.5 Å². The average Bonchev–Trinajstić information content (AvgIpc) is 2.26. The van der Waals surface area contributed by atoms with Crippen molar-refractivity contribution in [2.24, 2.45) is 0 Å². The maximum Gasteiger partial charge on any atom is 0.490 e. The minimum atomic E-state index is -4.81. The molecule has 0 aromatic carbocycles. The number of aromatic nitrogens is 1. The molecule has 0 atom stereocenters. The van der Waals surface area contributed by atoms with E-state index in [0.717, 1.165) is 6.08 Å². The van der Waals surface area contributed by atoms with E-state index in [1.54, 1.807) is 0 Å². The van der Waals surface area contributed by atoms with Crippen molar-refractivity contribution in [2.45, 2.75) is 12.7 Å². The van der Waals surface area contributed by atoms with E-state index in [-0.39, 0.29) is 17.1 Å². The van der Waals surface area contributed by atoms with Gasteiger partial charge in [0.2, 0.25) is 0 Å². The highest BCUT2D eigenvalue weighted by atomic mass is 19.4. The molecular weight excluding hydrogens is 237 g/mol. The molecule has 1 aliphatic rings. The van der Waals surface area contributed by atoms with Crippen LogP contribution in [0.15, 0.2) is 30.1 Å². The van der Waals surface area contributed by atoms with Crippen molar-refractivity contribution in [3.63, 3.8) is 0 Å². The van der Waals surface area contributed by atoms with Crippen LogP contribution in [0.25, 0.3) is 0 Å². The monoisotopic (exact) mass is 244 g/mol. The second kappa shape index (κ2) is 3.76. The highest BCUT2D eigenvalue weighted by Crippen LogP contribution is 2.36. The van der Waals surface area contributed by atoms with E-state index in [1.807, 2.05) is 0 Å². The SMILES string of the molecule is O=C(O)C1=CCc2cccnc2N1C(F)(F)F. The third-order valence-electron chi connectivity index (χ3n) is 2.31. The molecule has 0 spiro atoms. The van der Waals surface area contributed by atoms with Crippen LogP contribution in [0.4, 0.5) is 19.0 Å². The van der Waals surface area contributed by atoms with Crippen LogP contribution in [-0.4, -0.2) is 22.4 Å². The maximum atomic E-state index is 12.8. The van der Waals surface area contributed by atoms with Gasteiger partial charge in [0, 0.05) is 6.20 Å². The Labute approximate surface area is 94.0 Å². The number of carbonyl (C=O) groups is 1. The van der Waals surface area contributed by atoms with E-state index in [2.05, 4.69) is 4.98 Å². The number of anilines is 1. The Morgan fingerprint density at radius 2 is 2.18 bits per heavy atom. The molecule has 90 valence electrons. The normalized spacial score (nSPS) is 15.2. The molecule has 0 unspecified atom stereocenters. The van der Waals surface area contributed by atoms with Gasteiger partial charge in [0.25, 0.3) is 0 Å². The highest BCUT2D eigenvalue weighted by molar-refractivity contribution is 5.92. The zero-order chi connectivity index (χ0) is 12.6.